The van der Waals surface area contributed by atoms with Gasteiger partial charge in [-0.3, -0.25) is 4.90 Å². The first-order chi connectivity index (χ1) is 18.2. The fourth-order valence-corrected chi connectivity index (χ4v) is 3.99. The Morgan fingerprint density at radius 1 is 0.786 bits per heavy atom. The molecular weight excluding hydrogens is 599 g/mol. The number of nitrogens with zero attached hydrogens (tertiary/aromatic N) is 2. The Bertz CT molecular complexity index is 713. The number of hydrogen-bond acceptors (Lipinski definition) is 8. The largest absolute Gasteiger partial charge is 0.480 e. The number of thioether (sulfide) groups is 1. The molecule has 0 bridgehead atoms. The van der Waals surface area contributed by atoms with E-state index in [1.165, 1.54) is 17.7 Å². The second-order valence-electron chi connectivity index (χ2n) is 11.8. The van der Waals surface area contributed by atoms with Crippen LogP contribution in [0.15, 0.2) is 0 Å². The minimum Gasteiger partial charge on any atom is -0.480 e. The number of hydrogen-bond donors (Lipinski definition) is 2. The van der Waals surface area contributed by atoms with Crippen LogP contribution < -0.4 is 0 Å². The molecule has 3 fully saturated rings. The maximum atomic E-state index is 11.8. The third-order valence-corrected chi connectivity index (χ3v) is 5.71. The number of rotatable bonds is 2. The lowest BCUT2D eigenvalue weighted by molar-refractivity contribution is -0.144. The summed E-state index contributed by atoms with van der Waals surface area (Å²) in [5.41, 5.74) is -1.05. The molecule has 3 aliphatic rings. The number of ether oxygens (including phenoxy) is 3. The number of carboxylic acid groups (broad SMARTS) is 1. The van der Waals surface area contributed by atoms with Crippen molar-refractivity contribution in [2.45, 2.75) is 116 Å². The summed E-state index contributed by atoms with van der Waals surface area (Å²) in [6.45, 7) is 14.0. The lowest BCUT2D eigenvalue weighted by Crippen LogP contribution is -2.49. The summed E-state index contributed by atoms with van der Waals surface area (Å²) >= 11 is 1.75. The van der Waals surface area contributed by atoms with Gasteiger partial charge in [-0.2, -0.15) is 38.8 Å². The van der Waals surface area contributed by atoms with Crippen molar-refractivity contribution in [2.24, 2.45) is 0 Å². The molecule has 3 radical (unpaired) electrons. The second kappa shape index (κ2) is 25.4. The molecule has 2 atom stereocenters. The lowest BCUT2D eigenvalue weighted by atomic mass is 10.0. The Balaban J connectivity index is -0.000000258. The van der Waals surface area contributed by atoms with Gasteiger partial charge in [0.15, 0.2) is 0 Å². The SMILES string of the molecule is C1CCOC1.CC(C)(C)OC(=O)N1CCCC[C@H]1C(=O)O.CC(C)(C)OC(=O)N1CCCC[C@H]1CO.CSC.S.S.[B]. The van der Waals surface area contributed by atoms with Crippen molar-refractivity contribution in [1.82, 2.24) is 9.80 Å². The van der Waals surface area contributed by atoms with Crippen molar-refractivity contribution >= 4 is 65.3 Å². The van der Waals surface area contributed by atoms with Crippen molar-refractivity contribution in [1.29, 1.82) is 0 Å². The molecule has 10 nitrogen and oxygen atoms in total. The zero-order valence-electron chi connectivity index (χ0n) is 27.1. The maximum absolute atomic E-state index is 11.8. The number of carbonyl (C=O) groups is 3. The fraction of sp³-hybridized carbons (Fsp3) is 0.893. The average molecular weight is 658 g/mol. The number of likely N-dealkylation sites (tertiary alicyclic amines) is 2. The van der Waals surface area contributed by atoms with Gasteiger partial charge in [-0.15, -0.1) is 0 Å². The van der Waals surface area contributed by atoms with E-state index in [1.54, 1.807) is 37.4 Å². The van der Waals surface area contributed by atoms with Crippen LogP contribution in [0.5, 0.6) is 0 Å². The Morgan fingerprint density at radius 2 is 1.19 bits per heavy atom. The molecule has 0 aromatic carbocycles. The molecule has 0 spiro atoms. The number of carbonyl (C=O) groups excluding carboxylic acids is 2. The van der Waals surface area contributed by atoms with E-state index in [-0.39, 0.29) is 54.1 Å². The van der Waals surface area contributed by atoms with E-state index in [4.69, 9.17) is 24.4 Å². The van der Waals surface area contributed by atoms with Crippen LogP contribution in [0.1, 0.15) is 92.9 Å². The summed E-state index contributed by atoms with van der Waals surface area (Å²) in [4.78, 5) is 37.5. The normalized spacial score (nSPS) is 19.6. The second-order valence-corrected chi connectivity index (χ2v) is 12.6. The summed E-state index contributed by atoms with van der Waals surface area (Å²) in [5.74, 6) is -0.953. The highest BCUT2D eigenvalue weighted by molar-refractivity contribution is 7.97. The Labute approximate surface area is 274 Å². The fourth-order valence-electron chi connectivity index (χ4n) is 3.99. The van der Waals surface area contributed by atoms with E-state index in [0.717, 1.165) is 45.3 Å². The smallest absolute Gasteiger partial charge is 0.411 e. The maximum Gasteiger partial charge on any atom is 0.411 e. The van der Waals surface area contributed by atoms with Crippen LogP contribution in [0.25, 0.3) is 0 Å². The standard InChI is InChI=1S/C11H19NO4.C11H21NO3.C4H8O.C2H6S.B.2H2S/c1-11(2,3)16-10(15)12-7-5-4-6-8(12)9(13)14;1-11(2,3)15-10(14)12-7-5-4-6-9(12)8-13;1-2-4-5-3-1;1-3-2;;;/h8H,4-7H2,1-3H3,(H,13,14);9,13H,4-8H2,1-3H3;1-4H2;1-2H3;;2*1H2/t8-;9-;;;;;/m00...../s1. The molecular formula is C28H58BN2O8S3. The van der Waals surface area contributed by atoms with Gasteiger partial charge in [0.1, 0.15) is 17.2 Å². The van der Waals surface area contributed by atoms with Crippen molar-refractivity contribution < 1.29 is 38.8 Å². The zero-order chi connectivity index (χ0) is 30.1. The third-order valence-electron chi connectivity index (χ3n) is 5.71. The van der Waals surface area contributed by atoms with E-state index in [0.29, 0.717) is 19.5 Å². The first-order valence-corrected chi connectivity index (χ1v) is 15.6. The molecule has 14 heteroatoms. The number of carboxylic acids is 1. The van der Waals surface area contributed by atoms with Crippen molar-refractivity contribution in [2.75, 3.05) is 45.4 Å². The van der Waals surface area contributed by atoms with Gasteiger partial charge >= 0.3 is 18.2 Å². The van der Waals surface area contributed by atoms with Crippen LogP contribution in [0.4, 0.5) is 9.59 Å². The van der Waals surface area contributed by atoms with Gasteiger partial charge in [-0.1, -0.05) is 0 Å². The highest BCUT2D eigenvalue weighted by atomic mass is 32.2. The highest BCUT2D eigenvalue weighted by Gasteiger charge is 2.34. The molecule has 0 aromatic heterocycles. The van der Waals surface area contributed by atoms with Crippen molar-refractivity contribution in [3.63, 3.8) is 0 Å². The first-order valence-electron chi connectivity index (χ1n) is 14.0. The minimum absolute atomic E-state index is 0. The van der Waals surface area contributed by atoms with Crippen LogP contribution in [0.3, 0.4) is 0 Å². The number of aliphatic hydroxyl groups excluding tert-OH is 1. The quantitative estimate of drug-likeness (QED) is 0.383. The predicted octanol–water partition coefficient (Wildman–Crippen LogP) is 5.25. The highest BCUT2D eigenvalue weighted by Crippen LogP contribution is 2.21. The van der Waals surface area contributed by atoms with E-state index in [1.807, 2.05) is 33.3 Å². The molecule has 2 amide bonds. The Hall–Kier alpha value is -0.955. The Kier molecular flexibility index (Phi) is 29.0. The van der Waals surface area contributed by atoms with E-state index in [9.17, 15) is 14.4 Å². The number of aliphatic hydroxyl groups is 1. The van der Waals surface area contributed by atoms with Crippen LogP contribution >= 0.6 is 38.8 Å². The molecule has 3 aliphatic heterocycles. The van der Waals surface area contributed by atoms with Crippen LogP contribution in [0.2, 0.25) is 0 Å². The van der Waals surface area contributed by atoms with Crippen molar-refractivity contribution in [3.8, 4) is 0 Å². The molecule has 249 valence electrons. The van der Waals surface area contributed by atoms with E-state index >= 15 is 0 Å². The molecule has 0 unspecified atom stereocenters. The summed E-state index contributed by atoms with van der Waals surface area (Å²) in [7, 11) is 0. The molecule has 3 heterocycles. The predicted molar refractivity (Wildman–Crippen MR) is 182 cm³/mol. The van der Waals surface area contributed by atoms with Gasteiger partial charge in [0.05, 0.1) is 12.6 Å². The summed E-state index contributed by atoms with van der Waals surface area (Å²) in [6, 6.07) is -0.794. The molecule has 0 aromatic rings. The lowest BCUT2D eigenvalue weighted by Gasteiger charge is -2.35. The van der Waals surface area contributed by atoms with Crippen LogP contribution in [-0.4, -0.2) is 115 Å². The molecule has 3 saturated heterocycles. The van der Waals surface area contributed by atoms with Gasteiger partial charge in [-0.05, 0) is 105 Å². The van der Waals surface area contributed by atoms with E-state index in [2.05, 4.69) is 0 Å². The van der Waals surface area contributed by atoms with Gasteiger partial charge in [0, 0.05) is 34.7 Å². The van der Waals surface area contributed by atoms with Gasteiger partial charge < -0.3 is 29.3 Å². The number of aliphatic carboxylic acids is 1. The summed E-state index contributed by atoms with van der Waals surface area (Å²) in [5, 5.41) is 18.2. The number of piperidine rings is 2. The molecule has 42 heavy (non-hydrogen) atoms. The van der Waals surface area contributed by atoms with Gasteiger partial charge in [0.25, 0.3) is 0 Å². The molecule has 0 aliphatic carbocycles. The first kappa shape index (κ1) is 48.0. The van der Waals surface area contributed by atoms with Crippen LogP contribution in [-0.2, 0) is 19.0 Å². The van der Waals surface area contributed by atoms with E-state index < -0.39 is 29.3 Å². The monoisotopic (exact) mass is 657 g/mol. The summed E-state index contributed by atoms with van der Waals surface area (Å²) in [6.07, 6.45) is 10.9. The van der Waals surface area contributed by atoms with Gasteiger partial charge in [0.2, 0.25) is 0 Å². The third kappa shape index (κ3) is 22.6. The van der Waals surface area contributed by atoms with Gasteiger partial charge in [-0.25, -0.2) is 14.4 Å². The van der Waals surface area contributed by atoms with Crippen LogP contribution in [0, 0.1) is 0 Å². The number of amides is 2. The zero-order valence-corrected chi connectivity index (χ0v) is 29.9. The molecule has 2 N–H and O–H groups in total. The summed E-state index contributed by atoms with van der Waals surface area (Å²) < 4.78 is 15.4. The van der Waals surface area contributed by atoms with Crippen molar-refractivity contribution in [3.05, 3.63) is 0 Å². The average Bonchev–Trinajstić information content (AvgIpc) is 3.43. The Morgan fingerprint density at radius 3 is 1.55 bits per heavy atom. The topological polar surface area (TPSA) is 126 Å². The minimum atomic E-state index is -0.953. The molecule has 0 saturated carbocycles. The molecule has 3 rings (SSSR count).